The van der Waals surface area contributed by atoms with E-state index in [0.717, 1.165) is 25.7 Å². The van der Waals surface area contributed by atoms with Gasteiger partial charge < -0.3 is 20.1 Å². The van der Waals surface area contributed by atoms with Crippen molar-refractivity contribution in [1.29, 1.82) is 0 Å². The number of aliphatic hydroxyl groups excluding tert-OH is 1. The highest BCUT2D eigenvalue weighted by Gasteiger charge is 2.31. The molecule has 2 rings (SSSR count). The minimum Gasteiger partial charge on any atom is -0.391 e. The number of nitrogens with one attached hydrogen (secondary N) is 1. The second-order valence-electron chi connectivity index (χ2n) is 6.50. The molecule has 21 heavy (non-hydrogen) atoms. The Kier molecular flexibility index (Phi) is 6.77. The van der Waals surface area contributed by atoms with E-state index in [1.807, 2.05) is 0 Å². The number of hydrogen-bond donors (Lipinski definition) is 2. The molecule has 122 valence electrons. The number of ether oxygens (including phenoxy) is 1. The van der Waals surface area contributed by atoms with Crippen molar-refractivity contribution in [3.8, 4) is 0 Å². The monoisotopic (exact) mass is 298 g/mol. The van der Waals surface area contributed by atoms with Gasteiger partial charge in [0.15, 0.2) is 0 Å². The fourth-order valence-electron chi connectivity index (χ4n) is 2.92. The number of aliphatic hydroxyl groups is 1. The quantitative estimate of drug-likeness (QED) is 0.559. The van der Waals surface area contributed by atoms with Crippen LogP contribution in [0.15, 0.2) is 0 Å². The molecule has 0 aromatic heterocycles. The molecule has 5 heteroatoms. The van der Waals surface area contributed by atoms with Crippen LogP contribution in [0.25, 0.3) is 0 Å². The highest BCUT2D eigenvalue weighted by Crippen LogP contribution is 2.32. The molecular formula is C16H30N2O3. The van der Waals surface area contributed by atoms with Gasteiger partial charge in [-0.25, -0.2) is 4.79 Å². The molecule has 0 aromatic carbocycles. The largest absolute Gasteiger partial charge is 0.391 e. The number of carbonyl (C=O) groups excluding carboxylic acids is 1. The summed E-state index contributed by atoms with van der Waals surface area (Å²) < 4.78 is 5.84. The maximum atomic E-state index is 11.9. The van der Waals surface area contributed by atoms with Crippen molar-refractivity contribution in [3.05, 3.63) is 0 Å². The molecule has 2 amide bonds. The molecule has 0 radical (unpaired) electrons. The molecule has 0 bridgehead atoms. The van der Waals surface area contributed by atoms with E-state index in [9.17, 15) is 9.90 Å². The van der Waals surface area contributed by atoms with Crippen LogP contribution in [0, 0.1) is 5.92 Å². The molecule has 0 aliphatic heterocycles. The number of nitrogens with zero attached hydrogens (tertiary/aromatic N) is 1. The first-order valence-electron chi connectivity index (χ1n) is 8.45. The van der Waals surface area contributed by atoms with Gasteiger partial charge in [-0.1, -0.05) is 25.7 Å². The van der Waals surface area contributed by atoms with Gasteiger partial charge in [0, 0.05) is 20.1 Å². The van der Waals surface area contributed by atoms with Gasteiger partial charge in [0.05, 0.1) is 18.8 Å². The van der Waals surface area contributed by atoms with Gasteiger partial charge in [-0.05, 0) is 31.6 Å². The smallest absolute Gasteiger partial charge is 0.317 e. The number of hydrogen-bond acceptors (Lipinski definition) is 3. The first-order chi connectivity index (χ1) is 10.2. The third-order valence-corrected chi connectivity index (χ3v) is 4.51. The predicted molar refractivity (Wildman–Crippen MR) is 82.2 cm³/mol. The van der Waals surface area contributed by atoms with Gasteiger partial charge in [-0.3, -0.25) is 0 Å². The van der Waals surface area contributed by atoms with Crippen molar-refractivity contribution in [2.75, 3.05) is 26.7 Å². The van der Waals surface area contributed by atoms with E-state index in [1.165, 1.54) is 25.7 Å². The average Bonchev–Trinajstić information content (AvgIpc) is 3.29. The highest BCUT2D eigenvalue weighted by molar-refractivity contribution is 5.73. The Morgan fingerprint density at radius 2 is 1.90 bits per heavy atom. The van der Waals surface area contributed by atoms with Gasteiger partial charge in [0.1, 0.15) is 0 Å². The van der Waals surface area contributed by atoms with Crippen LogP contribution in [0.3, 0.4) is 0 Å². The van der Waals surface area contributed by atoms with Crippen LogP contribution in [0.1, 0.15) is 51.4 Å². The first kappa shape index (κ1) is 16.6. The van der Waals surface area contributed by atoms with Crippen LogP contribution >= 0.6 is 0 Å². The minimum absolute atomic E-state index is 0.126. The van der Waals surface area contributed by atoms with Crippen LogP contribution in [-0.2, 0) is 4.74 Å². The summed E-state index contributed by atoms with van der Waals surface area (Å²) in [4.78, 5) is 13.4. The van der Waals surface area contributed by atoms with E-state index in [0.29, 0.717) is 31.7 Å². The summed E-state index contributed by atoms with van der Waals surface area (Å²) in [6.07, 6.45) is 9.66. The normalized spacial score (nSPS) is 21.6. The molecule has 2 aliphatic rings. The summed E-state index contributed by atoms with van der Waals surface area (Å²) in [5.41, 5.74) is 0. The van der Waals surface area contributed by atoms with E-state index in [-0.39, 0.29) is 12.1 Å². The third kappa shape index (κ3) is 6.22. The van der Waals surface area contributed by atoms with Gasteiger partial charge in [-0.2, -0.15) is 0 Å². The Morgan fingerprint density at radius 1 is 1.24 bits per heavy atom. The lowest BCUT2D eigenvalue weighted by atomic mass is 10.1. The summed E-state index contributed by atoms with van der Waals surface area (Å²) in [5, 5.41) is 12.7. The predicted octanol–water partition coefficient (Wildman–Crippen LogP) is 2.14. The topological polar surface area (TPSA) is 61.8 Å². The van der Waals surface area contributed by atoms with Gasteiger partial charge >= 0.3 is 6.03 Å². The number of urea groups is 1. The zero-order chi connectivity index (χ0) is 15.1. The molecule has 0 heterocycles. The van der Waals surface area contributed by atoms with Crippen molar-refractivity contribution >= 4 is 6.03 Å². The summed E-state index contributed by atoms with van der Waals surface area (Å²) in [7, 11) is 1.73. The van der Waals surface area contributed by atoms with Crippen LogP contribution < -0.4 is 5.32 Å². The molecular weight excluding hydrogens is 268 g/mol. The van der Waals surface area contributed by atoms with E-state index in [1.54, 1.807) is 11.9 Å². The lowest BCUT2D eigenvalue weighted by Gasteiger charge is -2.21. The lowest BCUT2D eigenvalue weighted by Crippen LogP contribution is -2.43. The van der Waals surface area contributed by atoms with Gasteiger partial charge in [-0.15, -0.1) is 0 Å². The Balaban J connectivity index is 1.53. The first-order valence-corrected chi connectivity index (χ1v) is 8.45. The summed E-state index contributed by atoms with van der Waals surface area (Å²) >= 11 is 0. The highest BCUT2D eigenvalue weighted by atomic mass is 16.5. The molecule has 2 fully saturated rings. The van der Waals surface area contributed by atoms with Crippen molar-refractivity contribution < 1.29 is 14.6 Å². The fraction of sp³-hybridized carbons (Fsp3) is 0.938. The number of carbonyl (C=O) groups is 1. The Morgan fingerprint density at radius 3 is 2.52 bits per heavy atom. The van der Waals surface area contributed by atoms with Crippen molar-refractivity contribution in [2.24, 2.45) is 5.92 Å². The standard InChI is InChI=1S/C16H30N2O3/c1-18(12-15(19)13-8-9-13)16(20)17-10-11-21-14-6-4-2-3-5-7-14/h13-15,19H,2-12H2,1H3,(H,17,20). The Bertz CT molecular complexity index is 313. The second-order valence-corrected chi connectivity index (χ2v) is 6.50. The maximum Gasteiger partial charge on any atom is 0.317 e. The maximum absolute atomic E-state index is 11.9. The molecule has 1 unspecified atom stereocenters. The summed E-state index contributed by atoms with van der Waals surface area (Å²) in [6.45, 7) is 1.54. The summed E-state index contributed by atoms with van der Waals surface area (Å²) in [5.74, 6) is 0.402. The number of likely N-dealkylation sites (N-methyl/N-ethyl adjacent to an activating group) is 1. The molecule has 5 nitrogen and oxygen atoms in total. The Hall–Kier alpha value is -0.810. The molecule has 2 saturated carbocycles. The average molecular weight is 298 g/mol. The number of rotatable bonds is 7. The minimum atomic E-state index is -0.372. The van der Waals surface area contributed by atoms with E-state index >= 15 is 0 Å². The molecule has 1 atom stereocenters. The zero-order valence-electron chi connectivity index (χ0n) is 13.2. The van der Waals surface area contributed by atoms with Gasteiger partial charge in [0.2, 0.25) is 0 Å². The Labute approximate surface area is 128 Å². The van der Waals surface area contributed by atoms with Gasteiger partial charge in [0.25, 0.3) is 0 Å². The zero-order valence-corrected chi connectivity index (χ0v) is 13.2. The van der Waals surface area contributed by atoms with Crippen molar-refractivity contribution in [3.63, 3.8) is 0 Å². The third-order valence-electron chi connectivity index (χ3n) is 4.51. The second kappa shape index (κ2) is 8.59. The fourth-order valence-corrected chi connectivity index (χ4v) is 2.92. The van der Waals surface area contributed by atoms with Crippen molar-refractivity contribution in [1.82, 2.24) is 10.2 Å². The number of amides is 2. The van der Waals surface area contributed by atoms with E-state index < -0.39 is 0 Å². The van der Waals surface area contributed by atoms with E-state index in [4.69, 9.17) is 4.74 Å². The van der Waals surface area contributed by atoms with Crippen LogP contribution in [-0.4, -0.2) is 55.0 Å². The molecule has 0 spiro atoms. The summed E-state index contributed by atoms with van der Waals surface area (Å²) in [6, 6.07) is -0.126. The van der Waals surface area contributed by atoms with Crippen LogP contribution in [0.4, 0.5) is 4.79 Å². The molecule has 2 N–H and O–H groups in total. The van der Waals surface area contributed by atoms with Crippen LogP contribution in [0.2, 0.25) is 0 Å². The molecule has 0 aromatic rings. The molecule has 2 aliphatic carbocycles. The SMILES string of the molecule is CN(CC(O)C1CC1)C(=O)NCCOC1CCCCCC1. The van der Waals surface area contributed by atoms with Crippen LogP contribution in [0.5, 0.6) is 0 Å². The molecule has 0 saturated heterocycles. The van der Waals surface area contributed by atoms with E-state index in [2.05, 4.69) is 5.32 Å². The lowest BCUT2D eigenvalue weighted by molar-refractivity contribution is 0.0452. The van der Waals surface area contributed by atoms with Crippen molar-refractivity contribution in [2.45, 2.75) is 63.6 Å².